The van der Waals surface area contributed by atoms with Crippen LogP contribution in [0.4, 0.5) is 14.4 Å². The van der Waals surface area contributed by atoms with Gasteiger partial charge in [0.05, 0.1) is 72.7 Å². The van der Waals surface area contributed by atoms with E-state index < -0.39 is 6.09 Å². The molecule has 0 saturated heterocycles. The minimum Gasteiger partial charge on any atom is -0.491 e. The molecule has 0 spiro atoms. The Kier molecular flexibility index (Phi) is 30.0. The van der Waals surface area contributed by atoms with Crippen LogP contribution in [-0.2, 0) is 61.9 Å². The molecule has 0 bridgehead atoms. The average Bonchev–Trinajstić information content (AvgIpc) is 1.63. The molecule has 26 heteroatoms. The molecule has 0 aliphatic carbocycles. The van der Waals surface area contributed by atoms with Crippen LogP contribution < -0.4 is 18.9 Å². The molecule has 7 aromatic carbocycles. The molecule has 6 heterocycles. The first kappa shape index (κ1) is 79.3. The number of carbonyl (C=O) groups is 3. The molecule has 10 aromatic rings. The van der Waals surface area contributed by atoms with Crippen LogP contribution in [0, 0.1) is 0 Å². The molecule has 3 atom stereocenters. The molecule has 3 aromatic heterocycles. The maximum atomic E-state index is 13.4. The maximum Gasteiger partial charge on any atom is 0.416 e. The summed E-state index contributed by atoms with van der Waals surface area (Å²) < 4.78 is 70.4. The van der Waals surface area contributed by atoms with Gasteiger partial charge >= 0.3 is 18.3 Å². The van der Waals surface area contributed by atoms with Crippen molar-refractivity contribution in [3.63, 3.8) is 0 Å². The number of alkyl halides is 1. The molecule has 22 nitrogen and oxygen atoms in total. The Hall–Kier alpha value is -8.75. The quantitative estimate of drug-likeness (QED) is 0.0271. The number of benzene rings is 7. The first-order chi connectivity index (χ1) is 52.4. The van der Waals surface area contributed by atoms with Crippen molar-refractivity contribution in [2.75, 3.05) is 153 Å². The third kappa shape index (κ3) is 20.9. The lowest BCUT2D eigenvalue weighted by Crippen LogP contribution is -2.42. The zero-order chi connectivity index (χ0) is 74.9. The van der Waals surface area contributed by atoms with Gasteiger partial charge in [0, 0.05) is 119 Å². The van der Waals surface area contributed by atoms with E-state index >= 15 is 0 Å². The summed E-state index contributed by atoms with van der Waals surface area (Å²) in [5.41, 5.74) is 12.3. The van der Waals surface area contributed by atoms with Gasteiger partial charge in [0.1, 0.15) is 67.6 Å². The van der Waals surface area contributed by atoms with Gasteiger partial charge in [-0.3, -0.25) is 14.7 Å². The molecular weight excluding hydrogens is 1450 g/mol. The zero-order valence-electron chi connectivity index (χ0n) is 60.4. The Labute approximate surface area is 642 Å². The highest BCUT2D eigenvalue weighted by Gasteiger charge is 2.39. The molecule has 0 radical (unpaired) electrons. The van der Waals surface area contributed by atoms with E-state index in [1.165, 1.54) is 16.7 Å². The van der Waals surface area contributed by atoms with Gasteiger partial charge in [-0.15, -0.1) is 11.6 Å². The zero-order valence-corrected chi connectivity index (χ0v) is 63.4. The standard InChI is InChI=1S/C29H29ClN2O5.C26H30Cl2N2O5.C26H31ClN2O6/c1-34-15-16-35-17-18-36-22-10-7-20(8-11-22)28-27-24(25-19-21(30)9-12-26(25)31-27)13-14-32(28)29(33)37-23-5-3-2-4-6-23;1-32-13-14-33-15-16-34-20-6-3-18(4-7-20)25-24-21(22-17-19(28)5-8-23(22)29-24)9-11-30(25)26(31)35-12-2-10-27;1-31-11-13-33-14-16-34-20-6-3-18(4-7-20)25-24-21(22-17-19(27)5-8-23(22)28-24)9-10-29(25)26(30)35-15-12-32-2/h2-12,19,28,31H,13-18H2,1H3;3-8,17,25,29H,2,9-16H2,1H3;3-8,17,25,28H,9-16H2,1-2H3. The predicted octanol–water partition coefficient (Wildman–Crippen LogP) is 16.2. The summed E-state index contributed by atoms with van der Waals surface area (Å²) in [6.45, 7) is 8.47. The lowest BCUT2D eigenvalue weighted by Gasteiger charge is -2.35. The van der Waals surface area contributed by atoms with Crippen molar-refractivity contribution >= 4 is 97.4 Å². The fraction of sp³-hybridized carbons (Fsp3) is 0.370. The molecule has 13 rings (SSSR count). The van der Waals surface area contributed by atoms with E-state index in [9.17, 15) is 14.4 Å². The lowest BCUT2D eigenvalue weighted by molar-refractivity contribution is 0.0544. The van der Waals surface area contributed by atoms with Crippen molar-refractivity contribution in [1.29, 1.82) is 0 Å². The number of carbonyl (C=O) groups excluding carboxylic acids is 3. The number of halogens is 4. The SMILES string of the molecule is COCCOCCOc1ccc(C2c3[nH]c4ccc(Cl)cc4c3CCN2C(=O)OCCCCl)cc1.COCCOCCOc1ccc(C2c3[nH]c4ccc(Cl)cc4c3CCN2C(=O)OCCOC)cc1.COCCOCCOc1ccc(C2c3[nH]c4ccc(Cl)cc4c3CCN2C(=O)Oc2ccccc2)cc1. The highest BCUT2D eigenvalue weighted by molar-refractivity contribution is 6.32. The summed E-state index contributed by atoms with van der Waals surface area (Å²) in [5.74, 6) is 3.16. The lowest BCUT2D eigenvalue weighted by atomic mass is 9.92. The number of hydrogen-bond donors (Lipinski definition) is 3. The second-order valence-corrected chi connectivity index (χ2v) is 26.9. The molecule has 3 unspecified atom stereocenters. The van der Waals surface area contributed by atoms with E-state index in [1.807, 2.05) is 146 Å². The topological polar surface area (TPSA) is 228 Å². The Morgan fingerprint density at radius 3 is 1.05 bits per heavy atom. The van der Waals surface area contributed by atoms with Gasteiger partial charge in [-0.25, -0.2) is 14.4 Å². The normalized spacial score (nSPS) is 15.2. The average molecular weight is 1550 g/mol. The minimum atomic E-state index is -0.396. The number of rotatable bonds is 31. The Balaban J connectivity index is 0.000000160. The summed E-state index contributed by atoms with van der Waals surface area (Å²) in [6, 6.07) is 49.0. The van der Waals surface area contributed by atoms with Crippen LogP contribution in [0.3, 0.4) is 0 Å². The van der Waals surface area contributed by atoms with Crippen LogP contribution in [0.5, 0.6) is 23.0 Å². The second-order valence-electron chi connectivity index (χ2n) is 25.2. The maximum absolute atomic E-state index is 13.4. The summed E-state index contributed by atoms with van der Waals surface area (Å²) in [6.07, 6.45) is 1.60. The highest BCUT2D eigenvalue weighted by atomic mass is 35.5. The van der Waals surface area contributed by atoms with E-state index in [-0.39, 0.29) is 36.9 Å². The van der Waals surface area contributed by atoms with Gasteiger partial charge in [-0.05, 0) is 162 Å². The van der Waals surface area contributed by atoms with Crippen LogP contribution in [0.25, 0.3) is 32.7 Å². The van der Waals surface area contributed by atoms with E-state index in [0.29, 0.717) is 165 Å². The fourth-order valence-electron chi connectivity index (χ4n) is 13.3. The van der Waals surface area contributed by atoms with Crippen LogP contribution >= 0.6 is 46.4 Å². The number of ether oxygens (including phenoxy) is 13. The molecule has 0 saturated carbocycles. The summed E-state index contributed by atoms with van der Waals surface area (Å²) in [5, 5.41) is 5.30. The van der Waals surface area contributed by atoms with Gasteiger partial charge in [-0.2, -0.15) is 0 Å². The number of aromatic nitrogens is 3. The van der Waals surface area contributed by atoms with E-state index in [0.717, 1.165) is 83.7 Å². The number of hydrogen-bond acceptors (Lipinski definition) is 16. The van der Waals surface area contributed by atoms with Gasteiger partial charge in [0.25, 0.3) is 0 Å². The van der Waals surface area contributed by atoms with Crippen molar-refractivity contribution in [1.82, 2.24) is 29.7 Å². The highest BCUT2D eigenvalue weighted by Crippen LogP contribution is 2.44. The van der Waals surface area contributed by atoms with Gasteiger partial charge in [0.15, 0.2) is 0 Å². The van der Waals surface area contributed by atoms with Crippen molar-refractivity contribution in [3.8, 4) is 23.0 Å². The number of nitrogens with zero attached hydrogens (tertiary/aromatic N) is 3. The van der Waals surface area contributed by atoms with Gasteiger partial charge in [-0.1, -0.05) is 89.4 Å². The number of fused-ring (bicyclic) bond motifs is 9. The van der Waals surface area contributed by atoms with Crippen LogP contribution in [0.2, 0.25) is 15.1 Å². The van der Waals surface area contributed by atoms with E-state index in [1.54, 1.807) is 55.3 Å². The summed E-state index contributed by atoms with van der Waals surface area (Å²) in [7, 11) is 6.50. The van der Waals surface area contributed by atoms with E-state index in [2.05, 4.69) is 15.0 Å². The van der Waals surface area contributed by atoms with Crippen molar-refractivity contribution in [3.05, 3.63) is 223 Å². The summed E-state index contributed by atoms with van der Waals surface area (Å²) >= 11 is 24.6. The first-order valence-corrected chi connectivity index (χ1v) is 37.3. The summed E-state index contributed by atoms with van der Waals surface area (Å²) in [4.78, 5) is 55.3. The monoisotopic (exact) mass is 1540 g/mol. The van der Waals surface area contributed by atoms with Gasteiger partial charge < -0.3 is 76.5 Å². The number of para-hydroxylation sites is 1. The molecule has 3 aliphatic rings. The fourth-order valence-corrected chi connectivity index (χ4v) is 13.9. The molecule has 0 fully saturated rings. The number of H-pyrrole nitrogens is 3. The van der Waals surface area contributed by atoms with Crippen molar-refractivity contribution in [2.45, 2.75) is 43.8 Å². The van der Waals surface area contributed by atoms with Crippen LogP contribution in [0.15, 0.2) is 158 Å². The van der Waals surface area contributed by atoms with E-state index in [4.69, 9.17) is 108 Å². The first-order valence-electron chi connectivity index (χ1n) is 35.6. The molecule has 568 valence electrons. The third-order valence-corrected chi connectivity index (χ3v) is 19.3. The molecule has 107 heavy (non-hydrogen) atoms. The Morgan fingerprint density at radius 2 is 0.701 bits per heavy atom. The predicted molar refractivity (Wildman–Crippen MR) is 413 cm³/mol. The smallest absolute Gasteiger partial charge is 0.416 e. The molecular formula is C81H90Cl4N6O16. The molecule has 3 N–H and O–H groups in total. The largest absolute Gasteiger partial charge is 0.491 e. The molecule has 3 amide bonds. The van der Waals surface area contributed by atoms with Crippen molar-refractivity contribution in [2.24, 2.45) is 0 Å². The number of methoxy groups -OCH3 is 4. The number of amides is 3. The van der Waals surface area contributed by atoms with Crippen LogP contribution in [0.1, 0.15) is 75.0 Å². The van der Waals surface area contributed by atoms with Crippen LogP contribution in [-0.4, -0.2) is 201 Å². The third-order valence-electron chi connectivity index (χ3n) is 18.3. The Bertz CT molecular complexity index is 4290. The number of nitrogens with one attached hydrogen (secondary N) is 3. The Morgan fingerprint density at radius 1 is 0.374 bits per heavy atom. The van der Waals surface area contributed by atoms with Crippen molar-refractivity contribution < 1.29 is 76.0 Å². The van der Waals surface area contributed by atoms with Gasteiger partial charge in [0.2, 0.25) is 0 Å². The second kappa shape index (κ2) is 40.4. The minimum absolute atomic E-state index is 0.201. The molecule has 3 aliphatic heterocycles. The number of aromatic amines is 3.